The van der Waals surface area contributed by atoms with Crippen molar-refractivity contribution in [2.45, 2.75) is 20.3 Å². The molecule has 164 valence electrons. The average molecular weight is 428 g/mol. The monoisotopic (exact) mass is 427 g/mol. The number of hydrogen-bond acceptors (Lipinski definition) is 3. The Hall–Kier alpha value is -3.47. The summed E-state index contributed by atoms with van der Waals surface area (Å²) in [5.74, 6) is -0.314. The zero-order valence-electron chi connectivity index (χ0n) is 18.9. The van der Waals surface area contributed by atoms with Crippen LogP contribution >= 0.6 is 0 Å². The van der Waals surface area contributed by atoms with E-state index in [-0.39, 0.29) is 17.7 Å². The van der Waals surface area contributed by atoms with Gasteiger partial charge in [0.2, 0.25) is 5.91 Å². The summed E-state index contributed by atoms with van der Waals surface area (Å²) in [5.41, 5.74) is 6.36. The van der Waals surface area contributed by atoms with Crippen LogP contribution in [0.25, 0.3) is 11.1 Å². The molecule has 32 heavy (non-hydrogen) atoms. The Morgan fingerprint density at radius 1 is 0.969 bits per heavy atom. The first-order chi connectivity index (χ1) is 15.4. The molecular weight excluding hydrogens is 398 g/mol. The molecule has 1 saturated heterocycles. The van der Waals surface area contributed by atoms with Crippen molar-refractivity contribution in [1.29, 1.82) is 0 Å². The third-order valence-corrected chi connectivity index (χ3v) is 6.03. The Kier molecular flexibility index (Phi) is 6.35. The first-order valence-electron chi connectivity index (χ1n) is 11.0. The van der Waals surface area contributed by atoms with Gasteiger partial charge in [0, 0.05) is 32.9 Å². The minimum Gasteiger partial charge on any atom is -0.344 e. The van der Waals surface area contributed by atoms with Crippen LogP contribution in [0.2, 0.25) is 0 Å². The molecule has 1 fully saturated rings. The zero-order chi connectivity index (χ0) is 22.7. The summed E-state index contributed by atoms with van der Waals surface area (Å²) in [5, 5.41) is 0. The number of benzene rings is 2. The third kappa shape index (κ3) is 4.88. The molecule has 1 aliphatic rings. The molecule has 0 saturated carbocycles. The van der Waals surface area contributed by atoms with E-state index in [1.54, 1.807) is 28.1 Å². The van der Waals surface area contributed by atoms with Crippen LogP contribution in [-0.4, -0.2) is 53.3 Å². The van der Waals surface area contributed by atoms with Gasteiger partial charge in [0.15, 0.2) is 0 Å². The van der Waals surface area contributed by atoms with Crippen LogP contribution in [-0.2, 0) is 11.2 Å². The van der Waals surface area contributed by atoms with Gasteiger partial charge in [0.25, 0.3) is 5.91 Å². The van der Waals surface area contributed by atoms with E-state index in [1.807, 2.05) is 13.1 Å². The van der Waals surface area contributed by atoms with Crippen molar-refractivity contribution in [1.82, 2.24) is 14.8 Å². The second kappa shape index (κ2) is 9.35. The van der Waals surface area contributed by atoms with Gasteiger partial charge in [-0.05, 0) is 49.1 Å². The Labute approximate surface area is 189 Å². The van der Waals surface area contributed by atoms with Crippen LogP contribution < -0.4 is 0 Å². The maximum absolute atomic E-state index is 13.0. The predicted octanol–water partition coefficient (Wildman–Crippen LogP) is 4.14. The van der Waals surface area contributed by atoms with Crippen molar-refractivity contribution in [3.05, 3.63) is 89.2 Å². The molecule has 4 rings (SSSR count). The lowest BCUT2D eigenvalue weighted by Crippen LogP contribution is -2.37. The third-order valence-electron chi connectivity index (χ3n) is 6.03. The summed E-state index contributed by atoms with van der Waals surface area (Å²) < 4.78 is 0. The second-order valence-electron chi connectivity index (χ2n) is 8.70. The molecule has 1 atom stereocenters. The quantitative estimate of drug-likeness (QED) is 0.629. The van der Waals surface area contributed by atoms with Gasteiger partial charge >= 0.3 is 0 Å². The predicted molar refractivity (Wildman–Crippen MR) is 126 cm³/mol. The number of rotatable bonds is 4. The van der Waals surface area contributed by atoms with E-state index in [2.05, 4.69) is 61.3 Å². The number of carbonyl (C=O) groups is 2. The topological polar surface area (TPSA) is 53.5 Å². The summed E-state index contributed by atoms with van der Waals surface area (Å²) in [6.45, 7) is 5.66. The number of carbonyl (C=O) groups excluding carboxylic acids is 2. The SMILES string of the molecule is Cc1cc(C)cc(-c2ccc(CC3CN(C(=O)c4ccccn4)CCN(C)C3=O)cc2)c1. The van der Waals surface area contributed by atoms with E-state index >= 15 is 0 Å². The molecule has 2 amide bonds. The number of amides is 2. The van der Waals surface area contributed by atoms with Crippen LogP contribution in [0.5, 0.6) is 0 Å². The lowest BCUT2D eigenvalue weighted by molar-refractivity contribution is -0.133. The summed E-state index contributed by atoms with van der Waals surface area (Å²) in [4.78, 5) is 33.6. The molecular formula is C27H29N3O2. The van der Waals surface area contributed by atoms with Crippen LogP contribution in [0, 0.1) is 19.8 Å². The second-order valence-corrected chi connectivity index (χ2v) is 8.70. The smallest absolute Gasteiger partial charge is 0.272 e. The van der Waals surface area contributed by atoms with Gasteiger partial charge in [-0.1, -0.05) is 59.7 Å². The van der Waals surface area contributed by atoms with Gasteiger partial charge in [0.05, 0.1) is 5.92 Å². The minimum absolute atomic E-state index is 0.0831. The molecule has 1 aromatic heterocycles. The van der Waals surface area contributed by atoms with E-state index < -0.39 is 0 Å². The van der Waals surface area contributed by atoms with Crippen molar-refractivity contribution >= 4 is 11.8 Å². The van der Waals surface area contributed by atoms with Crippen LogP contribution in [0.15, 0.2) is 66.9 Å². The molecule has 1 unspecified atom stereocenters. The first kappa shape index (κ1) is 21.8. The Morgan fingerprint density at radius 3 is 2.34 bits per heavy atom. The average Bonchev–Trinajstić information content (AvgIpc) is 2.93. The molecule has 3 aromatic rings. The van der Waals surface area contributed by atoms with Crippen molar-refractivity contribution in [2.24, 2.45) is 5.92 Å². The lowest BCUT2D eigenvalue weighted by Gasteiger charge is -2.23. The largest absolute Gasteiger partial charge is 0.344 e. The Bertz CT molecular complexity index is 1090. The van der Waals surface area contributed by atoms with Gasteiger partial charge in [-0.15, -0.1) is 0 Å². The molecule has 0 bridgehead atoms. The summed E-state index contributed by atoms with van der Waals surface area (Å²) in [6, 6.07) is 20.3. The van der Waals surface area contributed by atoms with Crippen LogP contribution in [0.1, 0.15) is 27.2 Å². The highest BCUT2D eigenvalue weighted by atomic mass is 16.2. The van der Waals surface area contributed by atoms with Gasteiger partial charge in [-0.3, -0.25) is 14.6 Å². The van der Waals surface area contributed by atoms with Gasteiger partial charge < -0.3 is 9.80 Å². The molecule has 0 radical (unpaired) electrons. The molecule has 2 aromatic carbocycles. The number of pyridine rings is 1. The van der Waals surface area contributed by atoms with Gasteiger partial charge in [-0.25, -0.2) is 0 Å². The van der Waals surface area contributed by atoms with Gasteiger partial charge in [0.1, 0.15) is 5.69 Å². The number of nitrogens with zero attached hydrogens (tertiary/aromatic N) is 3. The highest BCUT2D eigenvalue weighted by Crippen LogP contribution is 2.24. The van der Waals surface area contributed by atoms with Crippen molar-refractivity contribution in [2.75, 3.05) is 26.7 Å². The van der Waals surface area contributed by atoms with Crippen molar-refractivity contribution in [3.8, 4) is 11.1 Å². The van der Waals surface area contributed by atoms with E-state index in [4.69, 9.17) is 0 Å². The molecule has 0 aliphatic carbocycles. The van der Waals surface area contributed by atoms with Crippen molar-refractivity contribution < 1.29 is 9.59 Å². The fraction of sp³-hybridized carbons (Fsp3) is 0.296. The number of likely N-dealkylation sites (N-methyl/N-ethyl adjacent to an activating group) is 1. The molecule has 2 heterocycles. The summed E-state index contributed by atoms with van der Waals surface area (Å²) in [6.07, 6.45) is 2.22. The highest BCUT2D eigenvalue weighted by molar-refractivity contribution is 5.93. The Morgan fingerprint density at radius 2 is 1.69 bits per heavy atom. The first-order valence-corrected chi connectivity index (χ1v) is 11.0. The standard InChI is InChI=1S/C27H29N3O2/c1-19-14-20(2)16-23(15-19)22-9-7-21(8-10-22)17-24-18-30(13-12-29(3)26(24)31)27(32)25-6-4-5-11-28-25/h4-11,14-16,24H,12-13,17-18H2,1-3H3. The molecule has 5 nitrogen and oxygen atoms in total. The van der Waals surface area contributed by atoms with E-state index in [1.165, 1.54) is 16.7 Å². The number of hydrogen-bond donors (Lipinski definition) is 0. The lowest BCUT2D eigenvalue weighted by atomic mass is 9.95. The zero-order valence-corrected chi connectivity index (χ0v) is 18.9. The summed E-state index contributed by atoms with van der Waals surface area (Å²) in [7, 11) is 1.81. The highest BCUT2D eigenvalue weighted by Gasteiger charge is 2.31. The van der Waals surface area contributed by atoms with Crippen LogP contribution in [0.3, 0.4) is 0 Å². The fourth-order valence-corrected chi connectivity index (χ4v) is 4.37. The van der Waals surface area contributed by atoms with E-state index in [9.17, 15) is 9.59 Å². The normalized spacial score (nSPS) is 16.7. The van der Waals surface area contributed by atoms with E-state index in [0.29, 0.717) is 31.7 Å². The number of aromatic nitrogens is 1. The van der Waals surface area contributed by atoms with E-state index in [0.717, 1.165) is 11.1 Å². The fourth-order valence-electron chi connectivity index (χ4n) is 4.37. The minimum atomic E-state index is -0.276. The molecule has 1 aliphatic heterocycles. The van der Waals surface area contributed by atoms with Crippen molar-refractivity contribution in [3.63, 3.8) is 0 Å². The summed E-state index contributed by atoms with van der Waals surface area (Å²) >= 11 is 0. The van der Waals surface area contributed by atoms with Crippen LogP contribution in [0.4, 0.5) is 0 Å². The molecule has 0 spiro atoms. The molecule has 0 N–H and O–H groups in total. The van der Waals surface area contributed by atoms with Gasteiger partial charge in [-0.2, -0.15) is 0 Å². The maximum atomic E-state index is 13.0. The maximum Gasteiger partial charge on any atom is 0.272 e. The Balaban J connectivity index is 1.52. The molecule has 5 heteroatoms. The number of aryl methyl sites for hydroxylation is 2.